The van der Waals surface area contributed by atoms with Crippen molar-refractivity contribution in [2.45, 2.75) is 52.1 Å². The van der Waals surface area contributed by atoms with Gasteiger partial charge in [0.1, 0.15) is 16.6 Å². The summed E-state index contributed by atoms with van der Waals surface area (Å²) in [6.07, 6.45) is 6.17. The second kappa shape index (κ2) is 10.6. The number of ether oxygens (including phenoxy) is 1. The number of hydrogen-bond acceptors (Lipinski definition) is 5. The molecule has 5 nitrogen and oxygen atoms in total. The number of halogens is 2. The predicted octanol–water partition coefficient (Wildman–Crippen LogP) is 6.50. The molecule has 8 heteroatoms. The SMILES string of the molecule is CC(C)[C@H](c1ncc(CNCC2CC2)s1)N1CCCc2ccc(Oc3ccc(F)cc3F)cc2C1=O. The summed E-state index contributed by atoms with van der Waals surface area (Å²) >= 11 is 1.67. The summed E-state index contributed by atoms with van der Waals surface area (Å²) in [5, 5.41) is 4.47. The van der Waals surface area contributed by atoms with Gasteiger partial charge in [-0.3, -0.25) is 4.79 Å². The van der Waals surface area contributed by atoms with Gasteiger partial charge in [0.05, 0.1) is 6.04 Å². The van der Waals surface area contributed by atoms with Crippen LogP contribution in [0.3, 0.4) is 0 Å². The third kappa shape index (κ3) is 5.60. The second-order valence-electron chi connectivity index (χ2n) is 10.0. The van der Waals surface area contributed by atoms with Gasteiger partial charge >= 0.3 is 0 Å². The Kier molecular flexibility index (Phi) is 7.34. The van der Waals surface area contributed by atoms with Crippen molar-refractivity contribution in [3.8, 4) is 11.5 Å². The molecule has 1 aromatic heterocycles. The van der Waals surface area contributed by atoms with Crippen molar-refractivity contribution in [2.24, 2.45) is 11.8 Å². The Morgan fingerprint density at radius 2 is 2.03 bits per heavy atom. The van der Waals surface area contributed by atoms with E-state index in [0.717, 1.165) is 54.6 Å². The number of nitrogens with zero attached hydrogens (tertiary/aromatic N) is 2. The van der Waals surface area contributed by atoms with Gasteiger partial charge in [-0.25, -0.2) is 13.8 Å². The number of aromatic nitrogens is 1. The van der Waals surface area contributed by atoms with E-state index in [-0.39, 0.29) is 23.6 Å². The summed E-state index contributed by atoms with van der Waals surface area (Å²) in [4.78, 5) is 21.7. The highest BCUT2D eigenvalue weighted by Gasteiger charge is 2.33. The van der Waals surface area contributed by atoms with E-state index in [2.05, 4.69) is 19.2 Å². The number of rotatable bonds is 9. The van der Waals surface area contributed by atoms with E-state index in [9.17, 15) is 13.6 Å². The minimum absolute atomic E-state index is 0.0742. The van der Waals surface area contributed by atoms with Gasteiger partial charge in [-0.05, 0) is 73.9 Å². The number of nitrogens with one attached hydrogen (secondary N) is 1. The molecule has 190 valence electrons. The van der Waals surface area contributed by atoms with Crippen LogP contribution in [0.1, 0.15) is 65.0 Å². The third-order valence-electron chi connectivity index (χ3n) is 6.76. The number of benzene rings is 2. The molecule has 1 N–H and O–H groups in total. The van der Waals surface area contributed by atoms with Crippen LogP contribution in [-0.4, -0.2) is 28.9 Å². The van der Waals surface area contributed by atoms with E-state index < -0.39 is 11.6 Å². The molecule has 1 aliphatic carbocycles. The Balaban J connectivity index is 1.37. The van der Waals surface area contributed by atoms with Crippen LogP contribution in [0.4, 0.5) is 8.78 Å². The maximum atomic E-state index is 14.1. The number of fused-ring (bicyclic) bond motifs is 1. The minimum Gasteiger partial charge on any atom is -0.454 e. The van der Waals surface area contributed by atoms with Gasteiger partial charge in [0.25, 0.3) is 5.91 Å². The van der Waals surface area contributed by atoms with E-state index in [1.54, 1.807) is 23.5 Å². The van der Waals surface area contributed by atoms with Crippen molar-refractivity contribution < 1.29 is 18.3 Å². The molecule has 3 aromatic rings. The fourth-order valence-corrected chi connectivity index (χ4v) is 5.90. The molecule has 1 fully saturated rings. The van der Waals surface area contributed by atoms with Crippen molar-refractivity contribution in [3.63, 3.8) is 0 Å². The van der Waals surface area contributed by atoms with Crippen molar-refractivity contribution in [2.75, 3.05) is 13.1 Å². The molecular formula is C28H31F2N3O2S. The predicted molar refractivity (Wildman–Crippen MR) is 136 cm³/mol. The maximum absolute atomic E-state index is 14.1. The first kappa shape index (κ1) is 24.8. The second-order valence-corrected chi connectivity index (χ2v) is 11.2. The first-order chi connectivity index (χ1) is 17.4. The molecule has 5 rings (SSSR count). The van der Waals surface area contributed by atoms with Crippen LogP contribution in [0.15, 0.2) is 42.6 Å². The quantitative estimate of drug-likeness (QED) is 0.356. The number of thiazole rings is 1. The van der Waals surface area contributed by atoms with Gasteiger partial charge in [-0.15, -0.1) is 11.3 Å². The Morgan fingerprint density at radius 1 is 1.19 bits per heavy atom. The molecule has 0 saturated heterocycles. The number of hydrogen-bond donors (Lipinski definition) is 1. The molecule has 0 radical (unpaired) electrons. The highest BCUT2D eigenvalue weighted by molar-refractivity contribution is 7.11. The number of carbonyl (C=O) groups excluding carboxylic acids is 1. The molecule has 2 heterocycles. The molecule has 1 amide bonds. The molecule has 0 bridgehead atoms. The van der Waals surface area contributed by atoms with Crippen LogP contribution in [0.2, 0.25) is 0 Å². The zero-order valence-electron chi connectivity index (χ0n) is 20.6. The zero-order valence-corrected chi connectivity index (χ0v) is 21.4. The van der Waals surface area contributed by atoms with Crippen LogP contribution in [-0.2, 0) is 13.0 Å². The molecular weight excluding hydrogens is 480 g/mol. The fourth-order valence-electron chi connectivity index (χ4n) is 4.72. The average molecular weight is 512 g/mol. The standard InChI is InChI=1S/C28H31F2N3O2S/c1-17(2)26(27-32-16-22(36-27)15-31-14-18-5-6-18)33-11-3-4-19-7-9-21(13-23(19)28(33)34)35-25-10-8-20(29)12-24(25)30/h7-10,12-13,16-18,26,31H,3-6,11,14-15H2,1-2H3/t26-/m1/s1. The number of amides is 1. The van der Waals surface area contributed by atoms with Crippen LogP contribution in [0.25, 0.3) is 0 Å². The minimum atomic E-state index is -0.788. The smallest absolute Gasteiger partial charge is 0.254 e. The van der Waals surface area contributed by atoms with Crippen molar-refractivity contribution in [1.82, 2.24) is 15.2 Å². The summed E-state index contributed by atoms with van der Waals surface area (Å²) in [5.41, 5.74) is 1.50. The lowest BCUT2D eigenvalue weighted by Crippen LogP contribution is -2.37. The van der Waals surface area contributed by atoms with E-state index in [0.29, 0.717) is 17.9 Å². The highest BCUT2D eigenvalue weighted by atomic mass is 32.1. The Morgan fingerprint density at radius 3 is 2.78 bits per heavy atom. The summed E-state index contributed by atoms with van der Waals surface area (Å²) < 4.78 is 33.1. The lowest BCUT2D eigenvalue weighted by molar-refractivity contribution is 0.0628. The van der Waals surface area contributed by atoms with Crippen LogP contribution < -0.4 is 10.1 Å². The topological polar surface area (TPSA) is 54.5 Å². The molecule has 2 aromatic carbocycles. The Hall–Kier alpha value is -2.84. The third-order valence-corrected chi connectivity index (χ3v) is 7.83. The number of aryl methyl sites for hydroxylation is 1. The lowest BCUT2D eigenvalue weighted by Gasteiger charge is -2.32. The van der Waals surface area contributed by atoms with Gasteiger partial charge in [0.15, 0.2) is 11.6 Å². The van der Waals surface area contributed by atoms with E-state index in [4.69, 9.17) is 9.72 Å². The molecule has 0 unspecified atom stereocenters. The van der Waals surface area contributed by atoms with E-state index in [1.807, 2.05) is 17.2 Å². The van der Waals surface area contributed by atoms with Crippen molar-refractivity contribution in [3.05, 3.63) is 75.2 Å². The van der Waals surface area contributed by atoms with Gasteiger partial charge < -0.3 is 15.0 Å². The summed E-state index contributed by atoms with van der Waals surface area (Å²) in [7, 11) is 0. The molecule has 1 saturated carbocycles. The van der Waals surface area contributed by atoms with Crippen LogP contribution in [0.5, 0.6) is 11.5 Å². The monoisotopic (exact) mass is 511 g/mol. The van der Waals surface area contributed by atoms with Crippen molar-refractivity contribution >= 4 is 17.2 Å². The van der Waals surface area contributed by atoms with E-state index >= 15 is 0 Å². The normalized spacial score (nSPS) is 16.7. The molecule has 36 heavy (non-hydrogen) atoms. The average Bonchev–Trinajstić information content (AvgIpc) is 3.58. The molecule has 0 spiro atoms. The summed E-state index contributed by atoms with van der Waals surface area (Å²) in [5.74, 6) is -0.269. The van der Waals surface area contributed by atoms with Crippen LogP contribution in [0, 0.1) is 23.5 Å². The summed E-state index contributed by atoms with van der Waals surface area (Å²) in [6.45, 7) is 6.72. The van der Waals surface area contributed by atoms with Gasteiger partial charge in [0.2, 0.25) is 0 Å². The van der Waals surface area contributed by atoms with Crippen LogP contribution >= 0.6 is 11.3 Å². The summed E-state index contributed by atoms with van der Waals surface area (Å²) in [6, 6.07) is 8.31. The molecule has 1 atom stereocenters. The maximum Gasteiger partial charge on any atom is 0.254 e. The van der Waals surface area contributed by atoms with Gasteiger partial charge in [-0.1, -0.05) is 19.9 Å². The largest absolute Gasteiger partial charge is 0.454 e. The first-order valence-corrected chi connectivity index (χ1v) is 13.4. The number of carbonyl (C=O) groups is 1. The zero-order chi connectivity index (χ0) is 25.2. The molecule has 1 aliphatic heterocycles. The fraction of sp³-hybridized carbons (Fsp3) is 0.429. The Bertz CT molecular complexity index is 1240. The van der Waals surface area contributed by atoms with Gasteiger partial charge in [-0.2, -0.15) is 0 Å². The van der Waals surface area contributed by atoms with Gasteiger partial charge in [0, 0.05) is 35.8 Å². The first-order valence-electron chi connectivity index (χ1n) is 12.6. The highest BCUT2D eigenvalue weighted by Crippen LogP contribution is 2.36. The lowest BCUT2D eigenvalue weighted by atomic mass is 10.0. The molecule has 2 aliphatic rings. The Labute approximate surface area is 214 Å². The van der Waals surface area contributed by atoms with Crippen molar-refractivity contribution in [1.29, 1.82) is 0 Å². The van der Waals surface area contributed by atoms with E-state index in [1.165, 1.54) is 23.8 Å².